The van der Waals surface area contributed by atoms with Crippen molar-refractivity contribution < 1.29 is 19.1 Å². The molecule has 3 rings (SSSR count). The quantitative estimate of drug-likeness (QED) is 0.798. The van der Waals surface area contributed by atoms with E-state index in [-0.39, 0.29) is 11.7 Å². The van der Waals surface area contributed by atoms with Gasteiger partial charge in [-0.3, -0.25) is 9.69 Å². The summed E-state index contributed by atoms with van der Waals surface area (Å²) in [7, 11) is 0. The number of hydrogen-bond acceptors (Lipinski definition) is 4. The van der Waals surface area contributed by atoms with E-state index in [2.05, 4.69) is 10.2 Å². The van der Waals surface area contributed by atoms with Gasteiger partial charge in [-0.15, -0.1) is 0 Å². The van der Waals surface area contributed by atoms with Gasteiger partial charge in [-0.2, -0.15) is 0 Å². The first-order valence-electron chi connectivity index (χ1n) is 9.28. The number of rotatable bonds is 6. The molecule has 1 saturated heterocycles. The van der Waals surface area contributed by atoms with E-state index >= 15 is 0 Å². The summed E-state index contributed by atoms with van der Waals surface area (Å²) in [6.45, 7) is 4.53. The van der Waals surface area contributed by atoms with Crippen LogP contribution < -0.4 is 10.2 Å². The monoisotopic (exact) mass is 385 g/mol. The number of hydrogen-bond donors (Lipinski definition) is 2. The highest BCUT2D eigenvalue weighted by Gasteiger charge is 2.29. The van der Waals surface area contributed by atoms with Gasteiger partial charge in [0.2, 0.25) is 5.91 Å². The first-order valence-corrected chi connectivity index (χ1v) is 9.28. The minimum absolute atomic E-state index is 0.265. The van der Waals surface area contributed by atoms with E-state index < -0.39 is 18.1 Å². The Bertz CT molecular complexity index is 805. The molecule has 1 unspecified atom stereocenters. The van der Waals surface area contributed by atoms with Crippen LogP contribution in [0, 0.1) is 5.82 Å². The zero-order chi connectivity index (χ0) is 20.1. The maximum atomic E-state index is 13.1. The third kappa shape index (κ3) is 4.67. The predicted octanol–water partition coefficient (Wildman–Crippen LogP) is 2.28. The van der Waals surface area contributed by atoms with Crippen LogP contribution in [0.5, 0.6) is 0 Å². The average molecular weight is 385 g/mol. The summed E-state index contributed by atoms with van der Waals surface area (Å²) in [6, 6.07) is 13.5. The summed E-state index contributed by atoms with van der Waals surface area (Å²) in [5.74, 6) is -1.67. The van der Waals surface area contributed by atoms with Crippen LogP contribution >= 0.6 is 0 Å². The molecular formula is C21H24FN3O3. The molecule has 28 heavy (non-hydrogen) atoms. The fourth-order valence-electron chi connectivity index (χ4n) is 3.38. The Hall–Kier alpha value is -2.93. The van der Waals surface area contributed by atoms with E-state index in [9.17, 15) is 19.1 Å². The molecule has 1 amide bonds. The molecule has 2 N–H and O–H groups in total. The van der Waals surface area contributed by atoms with Crippen molar-refractivity contribution in [1.82, 2.24) is 10.2 Å². The topological polar surface area (TPSA) is 72.9 Å². The molecule has 7 heteroatoms. The second-order valence-corrected chi connectivity index (χ2v) is 6.87. The number of amides is 1. The number of carboxylic acid groups (broad SMARTS) is 1. The van der Waals surface area contributed by atoms with Crippen LogP contribution in [0.25, 0.3) is 0 Å². The first kappa shape index (κ1) is 19.8. The van der Waals surface area contributed by atoms with Crippen LogP contribution in [0.4, 0.5) is 10.1 Å². The summed E-state index contributed by atoms with van der Waals surface area (Å²) in [5.41, 5.74) is 1.49. The van der Waals surface area contributed by atoms with E-state index in [1.165, 1.54) is 12.1 Å². The van der Waals surface area contributed by atoms with Crippen LogP contribution in [-0.4, -0.2) is 54.1 Å². The fourth-order valence-corrected chi connectivity index (χ4v) is 3.38. The lowest BCUT2D eigenvalue weighted by molar-refractivity contribution is -0.142. The van der Waals surface area contributed by atoms with Gasteiger partial charge in [-0.05, 0) is 36.8 Å². The molecule has 2 aromatic carbocycles. The number of benzene rings is 2. The molecule has 0 aromatic heterocycles. The van der Waals surface area contributed by atoms with Crippen molar-refractivity contribution in [3.05, 3.63) is 66.0 Å². The predicted molar refractivity (Wildman–Crippen MR) is 105 cm³/mol. The maximum Gasteiger partial charge on any atom is 0.330 e. The molecule has 2 aromatic rings. The molecule has 1 aliphatic heterocycles. The Balaban J connectivity index is 1.58. The number of carbonyl (C=O) groups is 2. The van der Waals surface area contributed by atoms with Gasteiger partial charge in [0.25, 0.3) is 0 Å². The Morgan fingerprint density at radius 3 is 2.18 bits per heavy atom. The van der Waals surface area contributed by atoms with Gasteiger partial charge in [0, 0.05) is 31.9 Å². The first-order chi connectivity index (χ1) is 13.5. The van der Waals surface area contributed by atoms with Gasteiger partial charge in [0.1, 0.15) is 5.82 Å². The zero-order valence-corrected chi connectivity index (χ0v) is 15.7. The highest BCUT2D eigenvalue weighted by atomic mass is 19.1. The molecule has 0 bridgehead atoms. The van der Waals surface area contributed by atoms with E-state index in [0.717, 1.165) is 5.69 Å². The fraction of sp³-hybridized carbons (Fsp3) is 0.333. The van der Waals surface area contributed by atoms with Crippen molar-refractivity contribution in [2.24, 2.45) is 0 Å². The van der Waals surface area contributed by atoms with Crippen molar-refractivity contribution in [3.63, 3.8) is 0 Å². The third-order valence-electron chi connectivity index (χ3n) is 5.10. The number of halogens is 1. The number of carboxylic acids is 1. The molecule has 0 saturated carbocycles. The van der Waals surface area contributed by atoms with E-state index in [1.807, 2.05) is 4.90 Å². The minimum Gasteiger partial charge on any atom is -0.479 e. The number of anilines is 1. The van der Waals surface area contributed by atoms with Gasteiger partial charge in [0.15, 0.2) is 6.04 Å². The highest BCUT2D eigenvalue weighted by Crippen LogP contribution is 2.18. The molecule has 6 nitrogen and oxygen atoms in total. The Kier molecular flexibility index (Phi) is 6.26. The maximum absolute atomic E-state index is 13.1. The SMILES string of the molecule is CC(C(=O)N[C@H](C(=O)O)c1ccccc1)N1CCN(c2ccc(F)cc2)CC1. The van der Waals surface area contributed by atoms with Gasteiger partial charge >= 0.3 is 5.97 Å². The summed E-state index contributed by atoms with van der Waals surface area (Å²) >= 11 is 0. The molecule has 0 spiro atoms. The lowest BCUT2D eigenvalue weighted by Gasteiger charge is -2.38. The van der Waals surface area contributed by atoms with Crippen LogP contribution in [0.1, 0.15) is 18.5 Å². The minimum atomic E-state index is -1.09. The lowest BCUT2D eigenvalue weighted by Crippen LogP contribution is -2.54. The smallest absolute Gasteiger partial charge is 0.330 e. The van der Waals surface area contributed by atoms with Crippen molar-refractivity contribution in [1.29, 1.82) is 0 Å². The number of nitrogens with zero attached hydrogens (tertiary/aromatic N) is 2. The summed E-state index contributed by atoms with van der Waals surface area (Å²) < 4.78 is 13.1. The van der Waals surface area contributed by atoms with Crippen LogP contribution in [0.15, 0.2) is 54.6 Å². The summed E-state index contributed by atoms with van der Waals surface area (Å²) in [6.07, 6.45) is 0. The van der Waals surface area contributed by atoms with Gasteiger partial charge in [-0.1, -0.05) is 30.3 Å². The van der Waals surface area contributed by atoms with E-state index in [0.29, 0.717) is 31.7 Å². The largest absolute Gasteiger partial charge is 0.479 e. The lowest BCUT2D eigenvalue weighted by atomic mass is 10.1. The van der Waals surface area contributed by atoms with Crippen LogP contribution in [-0.2, 0) is 9.59 Å². The molecule has 1 fully saturated rings. The summed E-state index contributed by atoms with van der Waals surface area (Å²) in [4.78, 5) is 28.4. The Morgan fingerprint density at radius 2 is 1.61 bits per heavy atom. The molecule has 1 heterocycles. The Morgan fingerprint density at radius 1 is 1.00 bits per heavy atom. The summed E-state index contributed by atoms with van der Waals surface area (Å²) in [5, 5.41) is 12.1. The average Bonchev–Trinajstić information content (AvgIpc) is 2.72. The van der Waals surface area contributed by atoms with Crippen LogP contribution in [0.3, 0.4) is 0 Å². The number of piperazine rings is 1. The van der Waals surface area contributed by atoms with Crippen molar-refractivity contribution >= 4 is 17.6 Å². The van der Waals surface area contributed by atoms with Gasteiger partial charge < -0.3 is 15.3 Å². The van der Waals surface area contributed by atoms with Crippen LogP contribution in [0.2, 0.25) is 0 Å². The Labute approximate surface area is 163 Å². The second-order valence-electron chi connectivity index (χ2n) is 6.87. The zero-order valence-electron chi connectivity index (χ0n) is 15.7. The van der Waals surface area contributed by atoms with Crippen molar-refractivity contribution in [2.75, 3.05) is 31.1 Å². The number of carbonyl (C=O) groups excluding carboxylic acids is 1. The van der Waals surface area contributed by atoms with Gasteiger partial charge in [0.05, 0.1) is 6.04 Å². The van der Waals surface area contributed by atoms with Gasteiger partial charge in [-0.25, -0.2) is 9.18 Å². The molecule has 0 radical (unpaired) electrons. The molecule has 0 aliphatic carbocycles. The number of aliphatic carboxylic acids is 1. The van der Waals surface area contributed by atoms with Crippen molar-refractivity contribution in [2.45, 2.75) is 19.0 Å². The molecule has 148 valence electrons. The van der Waals surface area contributed by atoms with Crippen molar-refractivity contribution in [3.8, 4) is 0 Å². The highest BCUT2D eigenvalue weighted by molar-refractivity contribution is 5.87. The number of nitrogens with one attached hydrogen (secondary N) is 1. The molecule has 2 atom stereocenters. The van der Waals surface area contributed by atoms with E-state index in [4.69, 9.17) is 0 Å². The third-order valence-corrected chi connectivity index (χ3v) is 5.10. The van der Waals surface area contributed by atoms with E-state index in [1.54, 1.807) is 49.4 Å². The molecule has 1 aliphatic rings. The second kappa shape index (κ2) is 8.84. The molecular weight excluding hydrogens is 361 g/mol. The normalized spacial score (nSPS) is 17.0. The standard InChI is InChI=1S/C21H24FN3O3/c1-15(20(26)23-19(21(27)28)16-5-3-2-4-6-16)24-11-13-25(14-12-24)18-9-7-17(22)8-10-18/h2-10,15,19H,11-14H2,1H3,(H,23,26)(H,27,28)/t15?,19-/m0/s1.